The summed E-state index contributed by atoms with van der Waals surface area (Å²) in [6.07, 6.45) is 13.0. The summed E-state index contributed by atoms with van der Waals surface area (Å²) in [6, 6.07) is 51.7. The molecule has 2 saturated carbocycles. The zero-order valence-electron chi connectivity index (χ0n) is 33.8. The van der Waals surface area contributed by atoms with Gasteiger partial charge in [0.05, 0.1) is 11.4 Å². The van der Waals surface area contributed by atoms with E-state index in [-0.39, 0.29) is 0 Å². The molecular formula is C54H56N2. The fourth-order valence-electron chi connectivity index (χ4n) is 9.67. The van der Waals surface area contributed by atoms with Crippen LogP contribution in [0.2, 0.25) is 0 Å². The number of hydrogen-bond donors (Lipinski definition) is 0. The summed E-state index contributed by atoms with van der Waals surface area (Å²) in [7, 11) is 0. The van der Waals surface area contributed by atoms with Crippen LogP contribution in [0.3, 0.4) is 0 Å². The van der Waals surface area contributed by atoms with Gasteiger partial charge in [-0.2, -0.15) is 0 Å². The van der Waals surface area contributed by atoms with Gasteiger partial charge in [0.1, 0.15) is 0 Å². The minimum atomic E-state index is 0.589. The maximum absolute atomic E-state index is 2.59. The summed E-state index contributed by atoms with van der Waals surface area (Å²) in [6.45, 7) is 8.75. The Morgan fingerprint density at radius 1 is 0.321 bits per heavy atom. The highest BCUT2D eigenvalue weighted by Gasteiger charge is 2.28. The van der Waals surface area contributed by atoms with E-state index in [1.54, 1.807) is 0 Å². The Morgan fingerprint density at radius 2 is 0.607 bits per heavy atom. The Kier molecular flexibility index (Phi) is 10.2. The van der Waals surface area contributed by atoms with Crippen molar-refractivity contribution in [3.05, 3.63) is 167 Å². The first-order valence-electron chi connectivity index (χ1n) is 21.3. The summed E-state index contributed by atoms with van der Waals surface area (Å²) in [4.78, 5) is 5.11. The molecule has 2 nitrogen and oxygen atoms in total. The van der Waals surface area contributed by atoms with Gasteiger partial charge in [-0.25, -0.2) is 0 Å². The van der Waals surface area contributed by atoms with Crippen LogP contribution in [0, 0.1) is 27.7 Å². The fourth-order valence-corrected chi connectivity index (χ4v) is 9.67. The van der Waals surface area contributed by atoms with Gasteiger partial charge in [0.25, 0.3) is 0 Å². The lowest BCUT2D eigenvalue weighted by molar-refractivity contribution is 0.444. The summed E-state index contributed by atoms with van der Waals surface area (Å²) in [5.41, 5.74) is 15.3. The molecule has 7 aromatic rings. The SMILES string of the molecule is Cc1ccc(N(c2ccc(C)cc2)c2c3ccc(C4CCCCC4)cc3c(N(c3ccc(C)cc3)c3ccc(C)cc3)c3ccc(C4CCCCC4)cc23)cc1. The maximum atomic E-state index is 2.59. The van der Waals surface area contributed by atoms with Crippen molar-refractivity contribution in [1.29, 1.82) is 0 Å². The van der Waals surface area contributed by atoms with Gasteiger partial charge < -0.3 is 9.80 Å². The maximum Gasteiger partial charge on any atom is 0.0620 e. The molecule has 0 radical (unpaired) electrons. The number of anilines is 6. The van der Waals surface area contributed by atoms with E-state index in [1.165, 1.54) is 153 Å². The van der Waals surface area contributed by atoms with Crippen LogP contribution in [0.1, 0.15) is 109 Å². The largest absolute Gasteiger partial charge is 0.309 e. The quantitative estimate of drug-likeness (QED) is 0.113. The molecule has 0 spiro atoms. The Balaban J connectivity index is 1.43. The minimum Gasteiger partial charge on any atom is -0.309 e. The molecule has 2 aliphatic carbocycles. The van der Waals surface area contributed by atoms with E-state index in [4.69, 9.17) is 0 Å². The van der Waals surface area contributed by atoms with Gasteiger partial charge in [-0.05, 0) is 137 Å². The minimum absolute atomic E-state index is 0.589. The summed E-state index contributed by atoms with van der Waals surface area (Å²) in [5.74, 6) is 1.18. The van der Waals surface area contributed by atoms with Gasteiger partial charge in [0.2, 0.25) is 0 Å². The molecule has 0 aliphatic heterocycles. The average Bonchev–Trinajstić information content (AvgIpc) is 3.24. The van der Waals surface area contributed by atoms with Crippen LogP contribution >= 0.6 is 0 Å². The second kappa shape index (κ2) is 15.7. The van der Waals surface area contributed by atoms with Crippen LogP contribution < -0.4 is 9.80 Å². The number of rotatable bonds is 8. The molecule has 0 unspecified atom stereocenters. The molecule has 0 amide bonds. The van der Waals surface area contributed by atoms with Crippen molar-refractivity contribution in [2.45, 2.75) is 104 Å². The lowest BCUT2D eigenvalue weighted by atomic mass is 9.81. The van der Waals surface area contributed by atoms with E-state index >= 15 is 0 Å². The van der Waals surface area contributed by atoms with Gasteiger partial charge in [0.15, 0.2) is 0 Å². The molecule has 7 aromatic carbocycles. The summed E-state index contributed by atoms with van der Waals surface area (Å²) in [5, 5.41) is 5.20. The number of aryl methyl sites for hydroxylation is 4. The molecule has 2 heteroatoms. The molecule has 282 valence electrons. The van der Waals surface area contributed by atoms with Gasteiger partial charge in [-0.15, -0.1) is 0 Å². The zero-order valence-corrected chi connectivity index (χ0v) is 33.8. The van der Waals surface area contributed by atoms with E-state index in [0.717, 1.165) is 0 Å². The number of nitrogens with zero attached hydrogens (tertiary/aromatic N) is 2. The Labute approximate surface area is 334 Å². The molecule has 56 heavy (non-hydrogen) atoms. The van der Waals surface area contributed by atoms with Crippen LogP contribution in [0.15, 0.2) is 133 Å². The van der Waals surface area contributed by atoms with Crippen molar-refractivity contribution < 1.29 is 0 Å². The van der Waals surface area contributed by atoms with Crippen molar-refractivity contribution in [3.8, 4) is 0 Å². The first kappa shape index (κ1) is 36.3. The van der Waals surface area contributed by atoms with Crippen LogP contribution in [-0.4, -0.2) is 0 Å². The van der Waals surface area contributed by atoms with E-state index in [1.807, 2.05) is 0 Å². The van der Waals surface area contributed by atoms with E-state index < -0.39 is 0 Å². The Morgan fingerprint density at radius 3 is 0.893 bits per heavy atom. The van der Waals surface area contributed by atoms with Crippen molar-refractivity contribution in [2.75, 3.05) is 9.80 Å². The van der Waals surface area contributed by atoms with E-state index in [2.05, 4.69) is 171 Å². The molecule has 2 fully saturated rings. The van der Waals surface area contributed by atoms with Crippen molar-refractivity contribution >= 4 is 55.7 Å². The Bertz CT molecular complexity index is 2180. The lowest BCUT2D eigenvalue weighted by Gasteiger charge is -2.34. The van der Waals surface area contributed by atoms with Gasteiger partial charge in [0, 0.05) is 44.3 Å². The fraction of sp³-hybridized carbons (Fsp3) is 0.296. The third-order valence-corrected chi connectivity index (χ3v) is 12.9. The summed E-state index contributed by atoms with van der Waals surface area (Å²) >= 11 is 0. The van der Waals surface area contributed by atoms with E-state index in [0.29, 0.717) is 11.8 Å². The predicted octanol–water partition coefficient (Wildman–Crippen LogP) is 16.3. The van der Waals surface area contributed by atoms with Crippen molar-refractivity contribution in [3.63, 3.8) is 0 Å². The van der Waals surface area contributed by atoms with Crippen molar-refractivity contribution in [2.24, 2.45) is 0 Å². The molecule has 0 N–H and O–H groups in total. The summed E-state index contributed by atoms with van der Waals surface area (Å²) < 4.78 is 0. The van der Waals surface area contributed by atoms with E-state index in [9.17, 15) is 0 Å². The van der Waals surface area contributed by atoms with Gasteiger partial charge in [-0.3, -0.25) is 0 Å². The lowest BCUT2D eigenvalue weighted by Crippen LogP contribution is -2.15. The average molecular weight is 733 g/mol. The number of hydrogen-bond acceptors (Lipinski definition) is 2. The topological polar surface area (TPSA) is 6.48 Å². The monoisotopic (exact) mass is 732 g/mol. The highest BCUT2D eigenvalue weighted by atomic mass is 15.2. The smallest absolute Gasteiger partial charge is 0.0620 e. The molecule has 0 aromatic heterocycles. The van der Waals surface area contributed by atoms with Gasteiger partial charge >= 0.3 is 0 Å². The molecule has 0 saturated heterocycles. The highest BCUT2D eigenvalue weighted by molar-refractivity contribution is 6.23. The third kappa shape index (κ3) is 7.11. The second-order valence-electron chi connectivity index (χ2n) is 17.0. The molecule has 9 rings (SSSR count). The Hall–Kier alpha value is -5.34. The third-order valence-electron chi connectivity index (χ3n) is 12.9. The standard InChI is InChI=1S/C54H56N2/c1-37-15-25-45(26-16-37)55(46-27-17-38(2)18-28-46)53-49-33-23-44(42-13-9-6-10-14-42)36-52(49)54(50-34-24-43(35-51(50)53)41-11-7-5-8-12-41)56(47-29-19-39(3)20-30-47)48-31-21-40(4)22-32-48/h15-36,41-42H,5-14H2,1-4H3. The van der Waals surface area contributed by atoms with Crippen molar-refractivity contribution in [1.82, 2.24) is 0 Å². The van der Waals surface area contributed by atoms with Crippen LogP contribution in [0.4, 0.5) is 34.1 Å². The number of benzene rings is 7. The molecule has 0 bridgehead atoms. The first-order chi connectivity index (χ1) is 27.4. The molecule has 2 aliphatic rings. The normalized spacial score (nSPS) is 15.4. The zero-order chi connectivity index (χ0) is 38.2. The highest BCUT2D eigenvalue weighted by Crippen LogP contribution is 2.53. The molecule has 0 heterocycles. The second-order valence-corrected chi connectivity index (χ2v) is 17.0. The first-order valence-corrected chi connectivity index (χ1v) is 21.3. The predicted molar refractivity (Wildman–Crippen MR) is 241 cm³/mol. The van der Waals surface area contributed by atoms with Crippen LogP contribution in [0.25, 0.3) is 21.5 Å². The molecular weight excluding hydrogens is 677 g/mol. The van der Waals surface area contributed by atoms with Crippen LogP contribution in [0.5, 0.6) is 0 Å². The van der Waals surface area contributed by atoms with Gasteiger partial charge in [-0.1, -0.05) is 134 Å². The molecule has 0 atom stereocenters. The number of fused-ring (bicyclic) bond motifs is 2. The van der Waals surface area contributed by atoms with Crippen LogP contribution in [-0.2, 0) is 0 Å².